The van der Waals surface area contributed by atoms with E-state index in [1.807, 2.05) is 31.2 Å². The van der Waals surface area contributed by atoms with Gasteiger partial charge in [-0.15, -0.1) is 0 Å². The minimum atomic E-state index is -3.66. The molecule has 1 unspecified atom stereocenters. The summed E-state index contributed by atoms with van der Waals surface area (Å²) in [5.74, 6) is 0.943. The Kier molecular flexibility index (Phi) is 7.28. The van der Waals surface area contributed by atoms with Crippen LogP contribution in [0.15, 0.2) is 48.5 Å². The Bertz CT molecular complexity index is 897. The van der Waals surface area contributed by atoms with Crippen LogP contribution in [0.5, 0.6) is 11.5 Å². The van der Waals surface area contributed by atoms with E-state index in [9.17, 15) is 13.2 Å². The first kappa shape index (κ1) is 21.6. The summed E-state index contributed by atoms with van der Waals surface area (Å²) in [6.07, 6.45) is 1.07. The largest absolute Gasteiger partial charge is 0.497 e. The molecule has 0 heterocycles. The van der Waals surface area contributed by atoms with Crippen LogP contribution in [-0.2, 0) is 14.8 Å². The lowest BCUT2D eigenvalue weighted by Crippen LogP contribution is -2.48. The van der Waals surface area contributed by atoms with Gasteiger partial charge in [-0.25, -0.2) is 8.42 Å². The second-order valence-corrected chi connectivity index (χ2v) is 8.20. The fourth-order valence-corrected chi connectivity index (χ4v) is 3.91. The van der Waals surface area contributed by atoms with E-state index in [1.54, 1.807) is 31.2 Å². The number of carbonyl (C=O) groups is 1. The van der Waals surface area contributed by atoms with Gasteiger partial charge >= 0.3 is 0 Å². The van der Waals surface area contributed by atoms with Crippen molar-refractivity contribution >= 4 is 21.6 Å². The number of anilines is 1. The number of carbonyl (C=O) groups excluding carboxylic acids is 1. The number of sulfonamides is 1. The lowest BCUT2D eigenvalue weighted by atomic mass is 10.2. The first-order valence-corrected chi connectivity index (χ1v) is 10.7. The smallest absolute Gasteiger partial charge is 0.243 e. The Morgan fingerprint density at radius 1 is 1.14 bits per heavy atom. The van der Waals surface area contributed by atoms with Crippen LogP contribution in [0, 0.1) is 6.92 Å². The number of rotatable bonds is 9. The molecule has 8 heteroatoms. The highest BCUT2D eigenvalue weighted by Crippen LogP contribution is 2.23. The number of hydrogen-bond donors (Lipinski definition) is 1. The van der Waals surface area contributed by atoms with Crippen LogP contribution in [0.1, 0.15) is 12.5 Å². The molecule has 0 bridgehead atoms. The first-order chi connectivity index (χ1) is 13.2. The highest BCUT2D eigenvalue weighted by atomic mass is 32.2. The lowest BCUT2D eigenvalue weighted by Gasteiger charge is -2.28. The van der Waals surface area contributed by atoms with Crippen LogP contribution in [0.4, 0.5) is 5.69 Å². The number of nitrogens with zero attached hydrogens (tertiary/aromatic N) is 1. The lowest BCUT2D eigenvalue weighted by molar-refractivity contribution is -0.121. The van der Waals surface area contributed by atoms with Crippen molar-refractivity contribution in [3.8, 4) is 11.5 Å². The molecule has 0 aromatic heterocycles. The Hall–Kier alpha value is -2.74. The number of nitrogens with one attached hydrogen (secondary N) is 1. The summed E-state index contributed by atoms with van der Waals surface area (Å²) in [6.45, 7) is 4.03. The summed E-state index contributed by atoms with van der Waals surface area (Å²) in [6, 6.07) is 13.2. The molecule has 1 amide bonds. The minimum Gasteiger partial charge on any atom is -0.497 e. The van der Waals surface area contributed by atoms with E-state index in [1.165, 1.54) is 7.11 Å². The van der Waals surface area contributed by atoms with Gasteiger partial charge in [-0.2, -0.15) is 0 Å². The van der Waals surface area contributed by atoms with Crippen molar-refractivity contribution < 1.29 is 22.7 Å². The molecule has 0 saturated heterocycles. The topological polar surface area (TPSA) is 84.9 Å². The van der Waals surface area contributed by atoms with Crippen molar-refractivity contribution in [1.82, 2.24) is 5.32 Å². The Labute approximate surface area is 166 Å². The van der Waals surface area contributed by atoms with Gasteiger partial charge in [0, 0.05) is 0 Å². The molecule has 7 nitrogen and oxygen atoms in total. The highest BCUT2D eigenvalue weighted by molar-refractivity contribution is 7.92. The Morgan fingerprint density at radius 3 is 2.36 bits per heavy atom. The van der Waals surface area contributed by atoms with Gasteiger partial charge in [0.05, 0.1) is 25.6 Å². The van der Waals surface area contributed by atoms with Gasteiger partial charge in [0.1, 0.15) is 24.1 Å². The summed E-state index contributed by atoms with van der Waals surface area (Å²) < 4.78 is 36.4. The molecular formula is C20H26N2O5S. The fraction of sp³-hybridized carbons (Fsp3) is 0.350. The molecule has 2 rings (SSSR count). The molecule has 0 radical (unpaired) electrons. The zero-order valence-electron chi connectivity index (χ0n) is 16.5. The van der Waals surface area contributed by atoms with E-state index in [0.29, 0.717) is 11.4 Å². The van der Waals surface area contributed by atoms with Crippen molar-refractivity contribution in [2.45, 2.75) is 19.9 Å². The third-order valence-electron chi connectivity index (χ3n) is 4.17. The van der Waals surface area contributed by atoms with Crippen molar-refractivity contribution in [2.24, 2.45) is 0 Å². The summed E-state index contributed by atoms with van der Waals surface area (Å²) in [5.41, 5.74) is 1.40. The highest BCUT2D eigenvalue weighted by Gasteiger charge is 2.28. The van der Waals surface area contributed by atoms with Crippen molar-refractivity contribution in [1.29, 1.82) is 0 Å². The van der Waals surface area contributed by atoms with Gasteiger partial charge in [0.15, 0.2) is 0 Å². The van der Waals surface area contributed by atoms with E-state index in [2.05, 4.69) is 5.32 Å². The molecule has 0 aliphatic rings. The molecule has 0 aliphatic heterocycles. The van der Waals surface area contributed by atoms with Crippen LogP contribution in [0.2, 0.25) is 0 Å². The normalized spacial score (nSPS) is 12.1. The quantitative estimate of drug-likeness (QED) is 0.646. The maximum atomic E-state index is 12.5. The van der Waals surface area contributed by atoms with Crippen LogP contribution in [0.3, 0.4) is 0 Å². The van der Waals surface area contributed by atoms with Crippen LogP contribution >= 0.6 is 0 Å². The average molecular weight is 407 g/mol. The number of benzene rings is 2. The molecule has 1 atom stereocenters. The van der Waals surface area contributed by atoms with Gasteiger partial charge in [-0.05, 0) is 49.7 Å². The van der Waals surface area contributed by atoms with Gasteiger partial charge in [-0.3, -0.25) is 9.10 Å². The number of hydrogen-bond acceptors (Lipinski definition) is 5. The Morgan fingerprint density at radius 2 is 1.79 bits per heavy atom. The Balaban J connectivity index is 2.00. The van der Waals surface area contributed by atoms with Crippen molar-refractivity contribution in [3.05, 3.63) is 54.1 Å². The number of amides is 1. The van der Waals surface area contributed by atoms with E-state index in [0.717, 1.165) is 21.9 Å². The first-order valence-electron chi connectivity index (χ1n) is 8.83. The standard InChI is InChI=1S/C20H26N2O5S/c1-15-7-5-6-8-19(15)27-14-13-21-20(23)16(2)22(28(4,24)25)17-9-11-18(26-3)12-10-17/h5-12,16H,13-14H2,1-4H3,(H,21,23). The van der Waals surface area contributed by atoms with Crippen LogP contribution in [0.25, 0.3) is 0 Å². The molecular weight excluding hydrogens is 380 g/mol. The van der Waals surface area contributed by atoms with Crippen LogP contribution < -0.4 is 19.1 Å². The van der Waals surface area contributed by atoms with E-state index >= 15 is 0 Å². The molecule has 0 fully saturated rings. The van der Waals surface area contributed by atoms with Gasteiger partial charge < -0.3 is 14.8 Å². The van der Waals surface area contributed by atoms with Gasteiger partial charge in [0.25, 0.3) is 0 Å². The monoisotopic (exact) mass is 406 g/mol. The third kappa shape index (κ3) is 5.63. The maximum Gasteiger partial charge on any atom is 0.243 e. The predicted octanol–water partition coefficient (Wildman–Crippen LogP) is 2.35. The summed E-state index contributed by atoms with van der Waals surface area (Å²) in [7, 11) is -2.13. The van der Waals surface area contributed by atoms with Gasteiger partial charge in [0.2, 0.25) is 15.9 Å². The third-order valence-corrected chi connectivity index (χ3v) is 5.41. The molecule has 28 heavy (non-hydrogen) atoms. The van der Waals surface area contributed by atoms with E-state index < -0.39 is 22.0 Å². The maximum absolute atomic E-state index is 12.5. The number of methoxy groups -OCH3 is 1. The second-order valence-electron chi connectivity index (χ2n) is 6.34. The van der Waals surface area contributed by atoms with Gasteiger partial charge in [-0.1, -0.05) is 18.2 Å². The van der Waals surface area contributed by atoms with E-state index in [-0.39, 0.29) is 13.2 Å². The fourth-order valence-electron chi connectivity index (χ4n) is 2.74. The predicted molar refractivity (Wildman–Crippen MR) is 109 cm³/mol. The second kappa shape index (κ2) is 9.45. The molecule has 0 saturated carbocycles. The molecule has 0 aliphatic carbocycles. The molecule has 0 spiro atoms. The molecule has 1 N–H and O–H groups in total. The number of ether oxygens (including phenoxy) is 2. The zero-order valence-corrected chi connectivity index (χ0v) is 17.3. The minimum absolute atomic E-state index is 0.262. The zero-order chi connectivity index (χ0) is 20.7. The molecule has 152 valence electrons. The number of para-hydroxylation sites is 1. The van der Waals surface area contributed by atoms with Crippen LogP contribution in [-0.4, -0.2) is 46.9 Å². The molecule has 2 aromatic rings. The summed E-state index contributed by atoms with van der Waals surface area (Å²) in [5, 5.41) is 2.72. The summed E-state index contributed by atoms with van der Waals surface area (Å²) in [4.78, 5) is 12.5. The molecule has 2 aromatic carbocycles. The number of aryl methyl sites for hydroxylation is 1. The van der Waals surface area contributed by atoms with Crippen molar-refractivity contribution in [3.63, 3.8) is 0 Å². The SMILES string of the molecule is COc1ccc(N(C(C)C(=O)NCCOc2ccccc2C)S(C)(=O)=O)cc1. The van der Waals surface area contributed by atoms with Crippen molar-refractivity contribution in [2.75, 3.05) is 30.8 Å². The summed E-state index contributed by atoms with van der Waals surface area (Å²) >= 11 is 0. The average Bonchev–Trinajstić information content (AvgIpc) is 2.66. The van der Waals surface area contributed by atoms with E-state index in [4.69, 9.17) is 9.47 Å².